The predicted molar refractivity (Wildman–Crippen MR) is 178 cm³/mol. The van der Waals surface area contributed by atoms with Crippen LogP contribution in [0.5, 0.6) is 0 Å². The number of nitrogens with zero attached hydrogens (tertiary/aromatic N) is 3. The van der Waals surface area contributed by atoms with Gasteiger partial charge in [-0.15, -0.1) is 0 Å². The Bertz CT molecular complexity index is 2290. The summed E-state index contributed by atoms with van der Waals surface area (Å²) in [5, 5.41) is 1.51. The normalized spacial score (nSPS) is 13.1. The number of rotatable bonds is 5. The van der Waals surface area contributed by atoms with Crippen molar-refractivity contribution in [2.75, 3.05) is 0 Å². The van der Waals surface area contributed by atoms with Crippen LogP contribution in [-0.4, -0.2) is 9.55 Å². The topological polar surface area (TPSA) is 35.3 Å². The number of para-hydroxylation sites is 2. The zero-order valence-corrected chi connectivity index (χ0v) is 24.6. The van der Waals surface area contributed by atoms with E-state index in [2.05, 4.69) is 79.6 Å². The molecule has 0 aliphatic heterocycles. The summed E-state index contributed by atoms with van der Waals surface area (Å²) in [5.74, 6) is 1.07. The van der Waals surface area contributed by atoms with Gasteiger partial charge in [0.05, 0.1) is 28.9 Å². The Balaban J connectivity index is 1.60. The molecule has 2 heterocycles. The smallest absolute Gasteiger partial charge is 0.188 e. The summed E-state index contributed by atoms with van der Waals surface area (Å²) in [4.78, 5) is 9.03. The van der Waals surface area contributed by atoms with Gasteiger partial charge in [0, 0.05) is 14.9 Å². The van der Waals surface area contributed by atoms with Crippen LogP contribution in [-0.2, 0) is 0 Å². The maximum Gasteiger partial charge on any atom is 0.188 e. The molecule has 0 spiro atoms. The molecule has 210 valence electrons. The summed E-state index contributed by atoms with van der Waals surface area (Å²) >= 11 is 0. The largest absolute Gasteiger partial charge is 0.455 e. The first kappa shape index (κ1) is 23.4. The van der Waals surface area contributed by atoms with Gasteiger partial charge in [-0.3, -0.25) is 4.57 Å². The molecule has 2 aromatic heterocycles. The molecule has 0 saturated heterocycles. The Hall–Kier alpha value is -5.14. The van der Waals surface area contributed by atoms with Crippen molar-refractivity contribution in [3.63, 3.8) is 0 Å². The van der Waals surface area contributed by atoms with Crippen LogP contribution in [0.25, 0.3) is 66.0 Å². The molecule has 7 aromatic rings. The number of aromatic nitrogens is 2. The van der Waals surface area contributed by atoms with E-state index in [-0.39, 0.29) is 17.4 Å². The highest BCUT2D eigenvalue weighted by atomic mass is 16.3. The van der Waals surface area contributed by atoms with Gasteiger partial charge in [-0.25, -0.2) is 9.83 Å². The summed E-state index contributed by atoms with van der Waals surface area (Å²) in [6.07, 6.45) is 0. The zero-order chi connectivity index (χ0) is 32.3. The van der Waals surface area contributed by atoms with Gasteiger partial charge >= 0.3 is 0 Å². The molecule has 0 atom stereocenters. The van der Waals surface area contributed by atoms with Crippen LogP contribution in [0.15, 0.2) is 101 Å². The molecule has 0 fully saturated rings. The average Bonchev–Trinajstić information content (AvgIpc) is 3.61. The fourth-order valence-corrected chi connectivity index (χ4v) is 6.14. The van der Waals surface area contributed by atoms with E-state index in [1.807, 2.05) is 36.4 Å². The van der Waals surface area contributed by atoms with Gasteiger partial charge in [-0.05, 0) is 89.0 Å². The van der Waals surface area contributed by atoms with Crippen LogP contribution in [0.1, 0.15) is 60.3 Å². The lowest BCUT2D eigenvalue weighted by Gasteiger charge is -2.24. The molecular weight excluding hydrogens is 526 g/mol. The first-order valence-corrected chi connectivity index (χ1v) is 14.6. The number of imidazole rings is 1. The van der Waals surface area contributed by atoms with E-state index in [4.69, 9.17) is 20.1 Å². The molecule has 7 rings (SSSR count). The van der Waals surface area contributed by atoms with Crippen molar-refractivity contribution in [2.24, 2.45) is 0 Å². The fraction of sp³-hybridized carbons (Fsp3) is 0.179. The Kier molecular flexibility index (Phi) is 5.61. The molecule has 0 aliphatic carbocycles. The van der Waals surface area contributed by atoms with Crippen LogP contribution in [0.4, 0.5) is 5.69 Å². The molecule has 0 N–H and O–H groups in total. The highest BCUT2D eigenvalue weighted by Crippen LogP contribution is 2.44. The lowest BCUT2D eigenvalue weighted by molar-refractivity contribution is 0.669. The van der Waals surface area contributed by atoms with E-state index in [0.717, 1.165) is 27.5 Å². The molecular formula is C39H33N3O. The van der Waals surface area contributed by atoms with Crippen molar-refractivity contribution >= 4 is 38.7 Å². The number of aryl methyl sites for hydroxylation is 1. The third-order valence-electron chi connectivity index (χ3n) is 8.23. The van der Waals surface area contributed by atoms with Gasteiger partial charge in [0.15, 0.2) is 5.69 Å². The zero-order valence-electron chi connectivity index (χ0n) is 27.6. The third kappa shape index (κ3) is 4.40. The molecule has 43 heavy (non-hydrogen) atoms. The minimum Gasteiger partial charge on any atom is -0.455 e. The highest BCUT2D eigenvalue weighted by Gasteiger charge is 2.26. The van der Waals surface area contributed by atoms with Crippen molar-refractivity contribution in [1.82, 2.24) is 9.55 Å². The van der Waals surface area contributed by atoms with Crippen LogP contribution < -0.4 is 0 Å². The van der Waals surface area contributed by atoms with E-state index < -0.39 is 6.85 Å². The third-order valence-corrected chi connectivity index (χ3v) is 8.23. The van der Waals surface area contributed by atoms with Gasteiger partial charge in [-0.1, -0.05) is 82.3 Å². The standard InChI is InChI=1S/C39H33N3O/c1-23(2)30-19-27(26-12-8-7-9-13-26)20-31(24(3)4)37(30)42-35-15-11-10-14-34(35)41-39(42)33-22-28(40-6)21-32-29-17-16-25(5)18-36(29)43-38(32)33/h7-24H,1-5H3/i5D3. The Labute approximate surface area is 256 Å². The minimum atomic E-state index is -2.27. The molecule has 4 nitrogen and oxygen atoms in total. The molecule has 0 amide bonds. The van der Waals surface area contributed by atoms with Gasteiger partial charge in [0.2, 0.25) is 0 Å². The number of benzene rings is 5. The number of hydrogen-bond donors (Lipinski definition) is 0. The van der Waals surface area contributed by atoms with Gasteiger partial charge in [0.1, 0.15) is 17.0 Å². The van der Waals surface area contributed by atoms with Crippen molar-refractivity contribution in [1.29, 1.82) is 0 Å². The summed E-state index contributed by atoms with van der Waals surface area (Å²) in [6, 6.07) is 31.8. The molecule has 0 unspecified atom stereocenters. The Morgan fingerprint density at radius 2 is 1.51 bits per heavy atom. The van der Waals surface area contributed by atoms with Crippen LogP contribution in [0.2, 0.25) is 0 Å². The van der Waals surface area contributed by atoms with E-state index in [9.17, 15) is 0 Å². The first-order chi connectivity index (χ1) is 22.0. The van der Waals surface area contributed by atoms with E-state index in [0.29, 0.717) is 28.2 Å². The monoisotopic (exact) mass is 562 g/mol. The lowest BCUT2D eigenvalue weighted by Crippen LogP contribution is -2.09. The molecule has 0 bridgehead atoms. The fourth-order valence-electron chi connectivity index (χ4n) is 6.14. The number of fused-ring (bicyclic) bond motifs is 4. The van der Waals surface area contributed by atoms with Crippen LogP contribution in [0.3, 0.4) is 0 Å². The van der Waals surface area contributed by atoms with Crippen molar-refractivity contribution < 1.29 is 8.53 Å². The van der Waals surface area contributed by atoms with E-state index in [1.165, 1.54) is 22.3 Å². The molecule has 0 radical (unpaired) electrons. The second-order valence-electron chi connectivity index (χ2n) is 11.7. The van der Waals surface area contributed by atoms with Crippen LogP contribution in [0, 0.1) is 13.4 Å². The van der Waals surface area contributed by atoms with Gasteiger partial charge < -0.3 is 4.42 Å². The molecule has 0 saturated carbocycles. The average molecular weight is 563 g/mol. The molecule has 5 aromatic carbocycles. The number of hydrogen-bond acceptors (Lipinski definition) is 2. The van der Waals surface area contributed by atoms with Crippen molar-refractivity contribution in [2.45, 2.75) is 46.4 Å². The quantitative estimate of drug-likeness (QED) is 0.196. The van der Waals surface area contributed by atoms with Crippen molar-refractivity contribution in [3.05, 3.63) is 125 Å². The highest BCUT2D eigenvalue weighted by molar-refractivity contribution is 6.11. The van der Waals surface area contributed by atoms with Crippen molar-refractivity contribution in [3.8, 4) is 28.2 Å². The first-order valence-electron chi connectivity index (χ1n) is 16.1. The Morgan fingerprint density at radius 1 is 0.791 bits per heavy atom. The summed E-state index contributed by atoms with van der Waals surface area (Å²) in [6.45, 7) is 14.6. The molecule has 4 heteroatoms. The van der Waals surface area contributed by atoms with Gasteiger partial charge in [-0.2, -0.15) is 0 Å². The predicted octanol–water partition coefficient (Wildman–Crippen LogP) is 11.4. The maximum atomic E-state index is 7.96. The second kappa shape index (κ2) is 10.3. The SMILES string of the molecule is [2H]C([2H])([2H])c1ccc2c(c1)oc1c(-c3nc4ccccc4n3-c3c(C(C)C)cc(-c4ccccc4)cc3C(C)C)cc([N+]#[C-])cc12. The maximum absolute atomic E-state index is 7.96. The Morgan fingerprint density at radius 3 is 2.21 bits per heavy atom. The van der Waals surface area contributed by atoms with E-state index >= 15 is 0 Å². The lowest BCUT2D eigenvalue weighted by atomic mass is 9.88. The number of furan rings is 1. The second-order valence-corrected chi connectivity index (χ2v) is 11.7. The van der Waals surface area contributed by atoms with E-state index in [1.54, 1.807) is 18.2 Å². The minimum absolute atomic E-state index is 0.198. The summed E-state index contributed by atoms with van der Waals surface area (Å²) in [7, 11) is 0. The van der Waals surface area contributed by atoms with Crippen LogP contribution >= 0.6 is 0 Å². The molecule has 0 aliphatic rings. The summed E-state index contributed by atoms with van der Waals surface area (Å²) in [5.41, 5.74) is 9.97. The van der Waals surface area contributed by atoms with Gasteiger partial charge in [0.25, 0.3) is 0 Å². The summed E-state index contributed by atoms with van der Waals surface area (Å²) < 4.78 is 32.5.